The van der Waals surface area contributed by atoms with E-state index < -0.39 is 0 Å². The third kappa shape index (κ3) is 2.62. The number of hydrogen-bond donors (Lipinski definition) is 2. The number of nitrogens with one attached hydrogen (secondary N) is 1. The quantitative estimate of drug-likeness (QED) is 0.661. The van der Waals surface area contributed by atoms with Crippen molar-refractivity contribution in [1.82, 2.24) is 14.9 Å². The predicted octanol–water partition coefficient (Wildman–Crippen LogP) is 2.60. The molecule has 0 unspecified atom stereocenters. The highest BCUT2D eigenvalue weighted by atomic mass is 79.9. The van der Waals surface area contributed by atoms with Crippen LogP contribution < -0.4 is 0 Å². The molecule has 17 heavy (non-hydrogen) atoms. The average molecular weight is 313 g/mol. The van der Waals surface area contributed by atoms with Gasteiger partial charge in [-0.3, -0.25) is 5.10 Å². The summed E-state index contributed by atoms with van der Waals surface area (Å²) in [7, 11) is 0. The van der Waals surface area contributed by atoms with Crippen molar-refractivity contribution >= 4 is 34.4 Å². The van der Waals surface area contributed by atoms with Gasteiger partial charge in [0.15, 0.2) is 0 Å². The smallest absolute Gasteiger partial charge is 0.216 e. The van der Waals surface area contributed by atoms with Gasteiger partial charge < -0.3 is 5.11 Å². The van der Waals surface area contributed by atoms with Crippen LogP contribution in [-0.4, -0.2) is 26.2 Å². The van der Waals surface area contributed by atoms with Gasteiger partial charge in [-0.25, -0.2) is 0 Å². The molecule has 0 atom stereocenters. The number of H-pyrrole nitrogens is 1. The van der Waals surface area contributed by atoms with E-state index in [1.807, 2.05) is 0 Å². The maximum Gasteiger partial charge on any atom is 0.216 e. The van der Waals surface area contributed by atoms with Crippen molar-refractivity contribution < 1.29 is 5.11 Å². The number of halogens is 1. The summed E-state index contributed by atoms with van der Waals surface area (Å²) >= 11 is 8.25. The number of benzene rings is 1. The van der Waals surface area contributed by atoms with E-state index >= 15 is 0 Å². The molecule has 0 spiro atoms. The van der Waals surface area contributed by atoms with Crippen molar-refractivity contribution in [3.63, 3.8) is 0 Å². The molecule has 1 aromatic heterocycles. The van der Waals surface area contributed by atoms with Crippen molar-refractivity contribution in [3.05, 3.63) is 38.8 Å². The van der Waals surface area contributed by atoms with E-state index in [0.717, 1.165) is 5.56 Å². The van der Waals surface area contributed by atoms with Gasteiger partial charge in [-0.1, -0.05) is 0 Å². The predicted molar refractivity (Wildman–Crippen MR) is 70.9 cm³/mol. The highest BCUT2D eigenvalue weighted by molar-refractivity contribution is 9.10. The minimum Gasteiger partial charge on any atom is -0.507 e. The van der Waals surface area contributed by atoms with Crippen LogP contribution >= 0.6 is 28.1 Å². The lowest BCUT2D eigenvalue weighted by Crippen LogP contribution is -1.93. The molecule has 0 fully saturated rings. The first-order valence-corrected chi connectivity index (χ1v) is 5.95. The number of phenolic OH excluding ortho intramolecular Hbond substituents is 1. The van der Waals surface area contributed by atoms with Crippen LogP contribution in [0.1, 0.15) is 11.4 Å². The third-order valence-corrected chi connectivity index (χ3v) is 3.01. The van der Waals surface area contributed by atoms with Crippen LogP contribution in [-0.2, 0) is 0 Å². The minimum absolute atomic E-state index is 0.193. The average Bonchev–Trinajstić information content (AvgIpc) is 2.61. The Labute approximate surface area is 111 Å². The molecule has 0 aliphatic rings. The lowest BCUT2D eigenvalue weighted by atomic mass is 10.2. The van der Waals surface area contributed by atoms with Gasteiger partial charge in [0.2, 0.25) is 4.77 Å². The molecule has 1 aromatic carbocycles. The molecular formula is C10H9BrN4OS. The zero-order valence-electron chi connectivity index (χ0n) is 8.88. The summed E-state index contributed by atoms with van der Waals surface area (Å²) in [6.45, 7) is 1.80. The van der Waals surface area contributed by atoms with Crippen LogP contribution in [0.4, 0.5) is 0 Å². The fourth-order valence-electron chi connectivity index (χ4n) is 1.23. The lowest BCUT2D eigenvalue weighted by molar-refractivity contribution is 0.472. The van der Waals surface area contributed by atoms with Gasteiger partial charge in [-0.2, -0.15) is 14.9 Å². The largest absolute Gasteiger partial charge is 0.507 e. The maximum atomic E-state index is 9.36. The number of nitrogens with zero attached hydrogens (tertiary/aromatic N) is 3. The first-order valence-electron chi connectivity index (χ1n) is 4.75. The standard InChI is InChI=1S/C10H9BrN4OS/c1-6-13-14-10(17)15(6)12-5-7-2-3-9(16)8(11)4-7/h2-5,16H,1H3,(H,14,17)/b12-5-. The molecule has 0 bridgehead atoms. The topological polar surface area (TPSA) is 66.2 Å². The highest BCUT2D eigenvalue weighted by Gasteiger charge is 1.99. The Morgan fingerprint density at radius 3 is 2.94 bits per heavy atom. The van der Waals surface area contributed by atoms with E-state index in [9.17, 15) is 5.11 Å². The Morgan fingerprint density at radius 1 is 1.59 bits per heavy atom. The minimum atomic E-state index is 0.193. The van der Waals surface area contributed by atoms with Gasteiger partial charge in [-0.15, -0.1) is 0 Å². The summed E-state index contributed by atoms with van der Waals surface area (Å²) in [5, 5.41) is 20.1. The molecular weight excluding hydrogens is 304 g/mol. The van der Waals surface area contributed by atoms with E-state index in [0.29, 0.717) is 15.1 Å². The summed E-state index contributed by atoms with van der Waals surface area (Å²) in [5.41, 5.74) is 0.845. The first kappa shape index (κ1) is 12.0. The second-order valence-electron chi connectivity index (χ2n) is 3.34. The van der Waals surface area contributed by atoms with Crippen LogP contribution in [0.25, 0.3) is 0 Å². The molecule has 5 nitrogen and oxygen atoms in total. The number of hydrogen-bond acceptors (Lipinski definition) is 4. The van der Waals surface area contributed by atoms with Crippen LogP contribution in [0.3, 0.4) is 0 Å². The summed E-state index contributed by atoms with van der Waals surface area (Å²) in [6.07, 6.45) is 1.64. The Balaban J connectivity index is 2.32. The Hall–Kier alpha value is -1.47. The van der Waals surface area contributed by atoms with Crippen molar-refractivity contribution in [2.75, 3.05) is 0 Å². The van der Waals surface area contributed by atoms with Gasteiger partial charge in [0.05, 0.1) is 10.7 Å². The van der Waals surface area contributed by atoms with Gasteiger partial charge in [0.1, 0.15) is 11.6 Å². The molecule has 0 radical (unpaired) electrons. The van der Waals surface area contributed by atoms with Crippen molar-refractivity contribution in [2.45, 2.75) is 6.92 Å². The number of aromatic hydroxyl groups is 1. The second-order valence-corrected chi connectivity index (χ2v) is 4.58. The maximum absolute atomic E-state index is 9.36. The van der Waals surface area contributed by atoms with Gasteiger partial charge >= 0.3 is 0 Å². The third-order valence-electron chi connectivity index (χ3n) is 2.11. The Kier molecular flexibility index (Phi) is 3.39. The van der Waals surface area contributed by atoms with E-state index in [1.54, 1.807) is 31.3 Å². The van der Waals surface area contributed by atoms with Gasteiger partial charge in [-0.05, 0) is 58.8 Å². The number of phenols is 1. The SMILES string of the molecule is Cc1n[nH]c(=S)n1/N=C\c1ccc(O)c(Br)c1. The van der Waals surface area contributed by atoms with E-state index in [4.69, 9.17) is 12.2 Å². The molecule has 1 heterocycles. The van der Waals surface area contributed by atoms with Gasteiger partial charge in [0, 0.05) is 0 Å². The summed E-state index contributed by atoms with van der Waals surface area (Å²) in [6, 6.07) is 5.10. The van der Waals surface area contributed by atoms with Crippen LogP contribution in [0, 0.1) is 11.7 Å². The van der Waals surface area contributed by atoms with E-state index in [2.05, 4.69) is 31.2 Å². The zero-order valence-corrected chi connectivity index (χ0v) is 11.3. The van der Waals surface area contributed by atoms with Crippen LogP contribution in [0.2, 0.25) is 0 Å². The molecule has 0 amide bonds. The second kappa shape index (κ2) is 4.80. The lowest BCUT2D eigenvalue weighted by Gasteiger charge is -1.98. The van der Waals surface area contributed by atoms with Crippen LogP contribution in [0.5, 0.6) is 5.75 Å². The molecule has 2 rings (SSSR count). The molecule has 0 aliphatic heterocycles. The first-order chi connectivity index (χ1) is 8.08. The summed E-state index contributed by atoms with van der Waals surface area (Å²) < 4.78 is 2.58. The van der Waals surface area contributed by atoms with Gasteiger partial charge in [0.25, 0.3) is 0 Å². The number of aromatic amines is 1. The monoisotopic (exact) mass is 312 g/mol. The molecule has 2 N–H and O–H groups in total. The molecule has 0 saturated heterocycles. The van der Waals surface area contributed by atoms with Crippen molar-refractivity contribution in [2.24, 2.45) is 5.10 Å². The van der Waals surface area contributed by atoms with Crippen molar-refractivity contribution in [1.29, 1.82) is 0 Å². The number of aryl methyl sites for hydroxylation is 1. The fraction of sp³-hybridized carbons (Fsp3) is 0.100. The molecule has 0 aliphatic carbocycles. The highest BCUT2D eigenvalue weighted by Crippen LogP contribution is 2.23. The number of aromatic nitrogens is 3. The van der Waals surface area contributed by atoms with E-state index in [1.165, 1.54) is 4.68 Å². The Bertz CT molecular complexity index is 631. The molecule has 7 heteroatoms. The molecule has 2 aromatic rings. The molecule has 88 valence electrons. The van der Waals surface area contributed by atoms with Crippen LogP contribution in [0.15, 0.2) is 27.8 Å². The summed E-state index contributed by atoms with van der Waals surface area (Å²) in [4.78, 5) is 0. The summed E-state index contributed by atoms with van der Waals surface area (Å²) in [5.74, 6) is 0.877. The fourth-order valence-corrected chi connectivity index (χ4v) is 1.86. The zero-order chi connectivity index (χ0) is 12.4. The number of rotatable bonds is 2. The molecule has 0 saturated carbocycles. The Morgan fingerprint density at radius 2 is 2.35 bits per heavy atom. The normalized spacial score (nSPS) is 11.2. The van der Waals surface area contributed by atoms with Crippen molar-refractivity contribution in [3.8, 4) is 5.75 Å². The van der Waals surface area contributed by atoms with E-state index in [-0.39, 0.29) is 5.75 Å².